The summed E-state index contributed by atoms with van der Waals surface area (Å²) in [4.78, 5) is 18.3. The van der Waals surface area contributed by atoms with Gasteiger partial charge in [0.1, 0.15) is 5.15 Å². The molecule has 20 heavy (non-hydrogen) atoms. The van der Waals surface area contributed by atoms with E-state index in [1.807, 2.05) is 21.0 Å². The van der Waals surface area contributed by atoms with E-state index in [0.29, 0.717) is 29.2 Å². The molecule has 0 aliphatic carbocycles. The molecule has 4 nitrogen and oxygen atoms in total. The zero-order valence-corrected chi connectivity index (χ0v) is 13.7. The van der Waals surface area contributed by atoms with Gasteiger partial charge in [-0.25, -0.2) is 4.98 Å². The van der Waals surface area contributed by atoms with Crippen molar-refractivity contribution in [1.29, 1.82) is 0 Å². The molecule has 1 rings (SSSR count). The average Bonchev–Trinajstić information content (AvgIpc) is 2.32. The molecule has 0 aromatic carbocycles. The molecular weight excluding hydrogens is 274 g/mol. The lowest BCUT2D eigenvalue weighted by Gasteiger charge is -2.26. The van der Waals surface area contributed by atoms with Gasteiger partial charge in [0, 0.05) is 23.8 Å². The summed E-state index contributed by atoms with van der Waals surface area (Å²) in [7, 11) is 4.07. The summed E-state index contributed by atoms with van der Waals surface area (Å²) in [6.45, 7) is 6.82. The van der Waals surface area contributed by atoms with Crippen LogP contribution in [0.25, 0.3) is 0 Å². The van der Waals surface area contributed by atoms with Crippen molar-refractivity contribution in [2.45, 2.75) is 33.2 Å². The van der Waals surface area contributed by atoms with Gasteiger partial charge in [-0.05, 0) is 45.5 Å². The normalized spacial score (nSPS) is 12.8. The topological polar surface area (TPSA) is 45.2 Å². The first-order chi connectivity index (χ1) is 9.29. The number of nitrogens with one attached hydrogen (secondary N) is 1. The Hall–Kier alpha value is -1.13. The molecular formula is C15H24ClN3O. The molecule has 0 fully saturated rings. The molecule has 112 valence electrons. The van der Waals surface area contributed by atoms with E-state index in [2.05, 4.69) is 29.0 Å². The third-order valence-corrected chi connectivity index (χ3v) is 3.35. The number of aryl methyl sites for hydroxylation is 1. The average molecular weight is 298 g/mol. The van der Waals surface area contributed by atoms with Gasteiger partial charge in [0.2, 0.25) is 0 Å². The molecule has 1 amide bonds. The molecule has 5 heteroatoms. The molecule has 0 saturated carbocycles. The fourth-order valence-corrected chi connectivity index (χ4v) is 2.34. The second kappa shape index (κ2) is 7.60. The third kappa shape index (κ3) is 5.47. The van der Waals surface area contributed by atoms with Gasteiger partial charge in [-0.3, -0.25) is 4.79 Å². The van der Waals surface area contributed by atoms with Crippen molar-refractivity contribution in [1.82, 2.24) is 15.2 Å². The Bertz CT molecular complexity index is 440. The maximum absolute atomic E-state index is 12.1. The van der Waals surface area contributed by atoms with Crippen molar-refractivity contribution >= 4 is 17.5 Å². The standard InChI is InChI=1S/C15H24ClN3O/c1-10(2)6-13(19(4)5)9-17-15(20)12-7-11(3)18-14(16)8-12/h7-8,10,13H,6,9H2,1-5H3,(H,17,20). The highest BCUT2D eigenvalue weighted by Gasteiger charge is 2.15. The molecule has 0 bridgehead atoms. The van der Waals surface area contributed by atoms with Gasteiger partial charge in [0.05, 0.1) is 0 Å². The molecule has 0 aliphatic heterocycles. The van der Waals surface area contributed by atoms with Crippen LogP contribution >= 0.6 is 11.6 Å². The predicted molar refractivity (Wildman–Crippen MR) is 83.2 cm³/mol. The van der Waals surface area contributed by atoms with Crippen LogP contribution in [0.3, 0.4) is 0 Å². The van der Waals surface area contributed by atoms with Gasteiger partial charge in [0.25, 0.3) is 5.91 Å². The highest BCUT2D eigenvalue weighted by atomic mass is 35.5. The number of pyridine rings is 1. The first-order valence-electron chi connectivity index (χ1n) is 6.88. The van der Waals surface area contributed by atoms with Gasteiger partial charge in [-0.2, -0.15) is 0 Å². The smallest absolute Gasteiger partial charge is 0.251 e. The molecule has 0 spiro atoms. The number of aromatic nitrogens is 1. The number of nitrogens with zero attached hydrogens (tertiary/aromatic N) is 2. The molecule has 0 aliphatic rings. The maximum atomic E-state index is 12.1. The number of halogens is 1. The second-order valence-corrected chi connectivity index (χ2v) is 6.16. The Kier molecular flexibility index (Phi) is 6.43. The van der Waals surface area contributed by atoms with Crippen molar-refractivity contribution < 1.29 is 4.79 Å². The van der Waals surface area contributed by atoms with Gasteiger partial charge in [0.15, 0.2) is 0 Å². The Labute approximate surface area is 126 Å². The molecule has 0 saturated heterocycles. The van der Waals surface area contributed by atoms with E-state index >= 15 is 0 Å². The lowest BCUT2D eigenvalue weighted by atomic mass is 10.0. The Morgan fingerprint density at radius 3 is 2.55 bits per heavy atom. The van der Waals surface area contributed by atoms with Crippen molar-refractivity contribution in [2.24, 2.45) is 5.92 Å². The molecule has 1 atom stereocenters. The highest BCUT2D eigenvalue weighted by Crippen LogP contribution is 2.11. The van der Waals surface area contributed by atoms with Crippen LogP contribution in [0.5, 0.6) is 0 Å². The van der Waals surface area contributed by atoms with E-state index in [1.54, 1.807) is 12.1 Å². The van der Waals surface area contributed by atoms with Gasteiger partial charge < -0.3 is 10.2 Å². The summed E-state index contributed by atoms with van der Waals surface area (Å²) in [5.41, 5.74) is 1.30. The zero-order valence-electron chi connectivity index (χ0n) is 12.9. The monoisotopic (exact) mass is 297 g/mol. The van der Waals surface area contributed by atoms with Gasteiger partial charge in [-0.1, -0.05) is 25.4 Å². The zero-order chi connectivity index (χ0) is 15.3. The summed E-state index contributed by atoms with van der Waals surface area (Å²) < 4.78 is 0. The SMILES string of the molecule is Cc1cc(C(=O)NCC(CC(C)C)N(C)C)cc(Cl)n1. The molecule has 0 radical (unpaired) electrons. The van der Waals surface area contributed by atoms with E-state index in [-0.39, 0.29) is 5.91 Å². The second-order valence-electron chi connectivity index (χ2n) is 5.78. The summed E-state index contributed by atoms with van der Waals surface area (Å²) in [6, 6.07) is 3.67. The summed E-state index contributed by atoms with van der Waals surface area (Å²) in [5, 5.41) is 3.32. The van der Waals surface area contributed by atoms with E-state index in [0.717, 1.165) is 12.1 Å². The number of carbonyl (C=O) groups is 1. The number of carbonyl (C=O) groups excluding carboxylic acids is 1. The summed E-state index contributed by atoms with van der Waals surface area (Å²) >= 11 is 5.88. The van der Waals surface area contributed by atoms with Crippen LogP contribution in [0.1, 0.15) is 36.3 Å². The molecule has 1 N–H and O–H groups in total. The number of likely N-dealkylation sites (N-methyl/N-ethyl adjacent to an activating group) is 1. The molecule has 1 aromatic heterocycles. The van der Waals surface area contributed by atoms with Gasteiger partial charge in [-0.15, -0.1) is 0 Å². The minimum Gasteiger partial charge on any atom is -0.350 e. The Morgan fingerprint density at radius 1 is 1.40 bits per heavy atom. The van der Waals surface area contributed by atoms with Crippen LogP contribution in [0.4, 0.5) is 0 Å². The minimum atomic E-state index is -0.104. The molecule has 1 aromatic rings. The van der Waals surface area contributed by atoms with Crippen LogP contribution in [0.2, 0.25) is 5.15 Å². The lowest BCUT2D eigenvalue weighted by molar-refractivity contribution is 0.0938. The minimum absolute atomic E-state index is 0.104. The van der Waals surface area contributed by atoms with E-state index in [1.165, 1.54) is 0 Å². The largest absolute Gasteiger partial charge is 0.350 e. The number of hydrogen-bond acceptors (Lipinski definition) is 3. The van der Waals surface area contributed by atoms with Gasteiger partial charge >= 0.3 is 0 Å². The quantitative estimate of drug-likeness (QED) is 0.821. The highest BCUT2D eigenvalue weighted by molar-refractivity contribution is 6.29. The Morgan fingerprint density at radius 2 is 2.05 bits per heavy atom. The van der Waals surface area contributed by atoms with Crippen molar-refractivity contribution in [3.8, 4) is 0 Å². The summed E-state index contributed by atoms with van der Waals surface area (Å²) in [6.07, 6.45) is 1.05. The van der Waals surface area contributed by atoms with Crippen LogP contribution in [0.15, 0.2) is 12.1 Å². The first-order valence-corrected chi connectivity index (χ1v) is 7.26. The van der Waals surface area contributed by atoms with Crippen molar-refractivity contribution in [2.75, 3.05) is 20.6 Å². The van der Waals surface area contributed by atoms with Crippen LogP contribution in [0, 0.1) is 12.8 Å². The predicted octanol–water partition coefficient (Wildman–Crippen LogP) is 2.75. The number of rotatable bonds is 6. The van der Waals surface area contributed by atoms with Crippen LogP contribution in [-0.4, -0.2) is 42.5 Å². The fraction of sp³-hybridized carbons (Fsp3) is 0.600. The van der Waals surface area contributed by atoms with E-state index in [9.17, 15) is 4.79 Å². The maximum Gasteiger partial charge on any atom is 0.251 e. The lowest BCUT2D eigenvalue weighted by Crippen LogP contribution is -2.41. The van der Waals surface area contributed by atoms with Crippen molar-refractivity contribution in [3.63, 3.8) is 0 Å². The Balaban J connectivity index is 2.65. The van der Waals surface area contributed by atoms with Crippen LogP contribution in [-0.2, 0) is 0 Å². The number of amides is 1. The summed E-state index contributed by atoms with van der Waals surface area (Å²) in [5.74, 6) is 0.491. The third-order valence-electron chi connectivity index (χ3n) is 3.16. The molecule has 1 unspecified atom stereocenters. The van der Waals surface area contributed by atoms with E-state index in [4.69, 9.17) is 11.6 Å². The van der Waals surface area contributed by atoms with Crippen molar-refractivity contribution in [3.05, 3.63) is 28.5 Å². The van der Waals surface area contributed by atoms with Crippen LogP contribution < -0.4 is 5.32 Å². The van der Waals surface area contributed by atoms with E-state index < -0.39 is 0 Å². The molecule has 1 heterocycles. The fourth-order valence-electron chi connectivity index (χ4n) is 2.09. The number of hydrogen-bond donors (Lipinski definition) is 1. The first kappa shape index (κ1) is 16.9.